The average Bonchev–Trinajstić information content (AvgIpc) is 3.40. The maximum Gasteiger partial charge on any atom is 0.273 e. The number of anilines is 1. The zero-order chi connectivity index (χ0) is 21.3. The number of fused-ring (bicyclic) bond motifs is 1. The van der Waals surface area contributed by atoms with E-state index in [1.807, 2.05) is 49.3 Å². The predicted molar refractivity (Wildman–Crippen MR) is 117 cm³/mol. The minimum absolute atomic E-state index is 0.0305. The van der Waals surface area contributed by atoms with Crippen molar-refractivity contribution < 1.29 is 9.59 Å². The number of carbonyl (C=O) groups excluding carboxylic acids is 2. The average molecular weight is 406 g/mol. The molecular formula is C23H27N5O2. The first kappa shape index (κ1) is 19.9. The lowest BCUT2D eigenvalue weighted by Crippen LogP contribution is -2.46. The van der Waals surface area contributed by atoms with Gasteiger partial charge in [0, 0.05) is 31.7 Å². The third-order valence-corrected chi connectivity index (χ3v) is 5.71. The lowest BCUT2D eigenvalue weighted by molar-refractivity contribution is -0.133. The number of nitrogens with zero attached hydrogens (tertiary/aromatic N) is 3. The zero-order valence-corrected chi connectivity index (χ0v) is 17.6. The SMILES string of the molecule is CC(NC(=O)c1n[nH]c2ccccc12)C(=O)N1CCCC1c1cccc(N(C)C)c1. The monoisotopic (exact) mass is 405 g/mol. The minimum atomic E-state index is -0.634. The third-order valence-electron chi connectivity index (χ3n) is 5.71. The van der Waals surface area contributed by atoms with Gasteiger partial charge in [-0.3, -0.25) is 14.7 Å². The number of H-pyrrole nitrogens is 1. The second-order valence-corrected chi connectivity index (χ2v) is 7.99. The Bertz CT molecular complexity index is 1070. The van der Waals surface area contributed by atoms with Crippen LogP contribution in [-0.4, -0.2) is 53.6 Å². The lowest BCUT2D eigenvalue weighted by Gasteiger charge is -2.28. The first-order chi connectivity index (χ1) is 14.5. The van der Waals surface area contributed by atoms with Crippen molar-refractivity contribution in [1.82, 2.24) is 20.4 Å². The number of para-hydroxylation sites is 1. The van der Waals surface area contributed by atoms with Crippen molar-refractivity contribution in [3.63, 3.8) is 0 Å². The van der Waals surface area contributed by atoms with Crippen LogP contribution >= 0.6 is 0 Å². The van der Waals surface area contributed by atoms with E-state index in [-0.39, 0.29) is 17.9 Å². The lowest BCUT2D eigenvalue weighted by atomic mass is 10.0. The van der Waals surface area contributed by atoms with Crippen LogP contribution in [0.2, 0.25) is 0 Å². The number of aromatic nitrogens is 2. The highest BCUT2D eigenvalue weighted by Gasteiger charge is 2.33. The molecule has 2 unspecified atom stereocenters. The molecule has 0 radical (unpaired) electrons. The number of nitrogens with one attached hydrogen (secondary N) is 2. The molecule has 3 aromatic rings. The summed E-state index contributed by atoms with van der Waals surface area (Å²) in [6.45, 7) is 2.43. The molecule has 0 aliphatic carbocycles. The molecule has 0 saturated carbocycles. The number of hydrogen-bond acceptors (Lipinski definition) is 4. The number of carbonyl (C=O) groups is 2. The third kappa shape index (κ3) is 3.75. The van der Waals surface area contributed by atoms with Gasteiger partial charge in [0.2, 0.25) is 5.91 Å². The molecule has 0 bridgehead atoms. The Morgan fingerprint density at radius 1 is 1.20 bits per heavy atom. The summed E-state index contributed by atoms with van der Waals surface area (Å²) in [4.78, 5) is 29.9. The molecule has 2 amide bonds. The molecule has 0 spiro atoms. The van der Waals surface area contributed by atoms with Crippen LogP contribution < -0.4 is 10.2 Å². The van der Waals surface area contributed by atoms with E-state index in [2.05, 4.69) is 38.6 Å². The fourth-order valence-corrected chi connectivity index (χ4v) is 4.10. The fourth-order valence-electron chi connectivity index (χ4n) is 4.10. The molecule has 1 fully saturated rings. The first-order valence-corrected chi connectivity index (χ1v) is 10.3. The molecule has 2 heterocycles. The van der Waals surface area contributed by atoms with Gasteiger partial charge in [-0.1, -0.05) is 30.3 Å². The van der Waals surface area contributed by atoms with Crippen LogP contribution in [0.1, 0.15) is 41.9 Å². The standard InChI is InChI=1S/C23H27N5O2/c1-15(24-22(29)21-18-10-4-5-11-19(18)25-26-21)23(30)28-13-7-12-20(28)16-8-6-9-17(14-16)27(2)3/h4-6,8-11,14-15,20H,7,12-13H2,1-3H3,(H,24,29)(H,25,26). The van der Waals surface area contributed by atoms with E-state index in [1.54, 1.807) is 6.92 Å². The smallest absolute Gasteiger partial charge is 0.273 e. The van der Waals surface area contributed by atoms with Gasteiger partial charge in [-0.2, -0.15) is 5.10 Å². The van der Waals surface area contributed by atoms with Gasteiger partial charge in [0.05, 0.1) is 11.6 Å². The molecule has 30 heavy (non-hydrogen) atoms. The normalized spacial score (nSPS) is 17.2. The number of aromatic amines is 1. The highest BCUT2D eigenvalue weighted by atomic mass is 16.2. The summed E-state index contributed by atoms with van der Waals surface area (Å²) in [5.41, 5.74) is 3.34. The minimum Gasteiger partial charge on any atom is -0.378 e. The Kier molecular flexibility index (Phi) is 5.44. The molecule has 1 aromatic heterocycles. The van der Waals surface area contributed by atoms with Crippen molar-refractivity contribution in [1.29, 1.82) is 0 Å². The topological polar surface area (TPSA) is 81.3 Å². The molecular weight excluding hydrogens is 378 g/mol. The summed E-state index contributed by atoms with van der Waals surface area (Å²) in [6.07, 6.45) is 1.88. The molecule has 7 heteroatoms. The van der Waals surface area contributed by atoms with Gasteiger partial charge in [-0.15, -0.1) is 0 Å². The van der Waals surface area contributed by atoms with Crippen LogP contribution in [0.5, 0.6) is 0 Å². The highest BCUT2D eigenvalue weighted by molar-refractivity contribution is 6.05. The molecule has 1 saturated heterocycles. The van der Waals surface area contributed by atoms with Gasteiger partial charge < -0.3 is 15.1 Å². The Balaban J connectivity index is 1.49. The summed E-state index contributed by atoms with van der Waals surface area (Å²) in [5.74, 6) is -0.417. The summed E-state index contributed by atoms with van der Waals surface area (Å²) < 4.78 is 0. The summed E-state index contributed by atoms with van der Waals surface area (Å²) >= 11 is 0. The molecule has 4 rings (SSSR count). The van der Waals surface area contributed by atoms with Crippen LogP contribution in [0.4, 0.5) is 5.69 Å². The quantitative estimate of drug-likeness (QED) is 0.683. The molecule has 1 aliphatic rings. The number of likely N-dealkylation sites (tertiary alicyclic amines) is 1. The Labute approximate surface area is 176 Å². The molecule has 156 valence electrons. The Morgan fingerprint density at radius 2 is 2.00 bits per heavy atom. The van der Waals surface area contributed by atoms with Crippen molar-refractivity contribution in [2.75, 3.05) is 25.5 Å². The molecule has 2 aromatic carbocycles. The Hall–Kier alpha value is -3.35. The van der Waals surface area contributed by atoms with Crippen LogP contribution in [-0.2, 0) is 4.79 Å². The van der Waals surface area contributed by atoms with Crippen molar-refractivity contribution in [3.8, 4) is 0 Å². The maximum atomic E-state index is 13.2. The summed E-state index contributed by atoms with van der Waals surface area (Å²) in [6, 6.07) is 15.1. The number of hydrogen-bond donors (Lipinski definition) is 2. The zero-order valence-electron chi connectivity index (χ0n) is 17.6. The van der Waals surface area contributed by atoms with Crippen LogP contribution in [0.3, 0.4) is 0 Å². The van der Waals surface area contributed by atoms with Gasteiger partial charge in [0.15, 0.2) is 5.69 Å². The molecule has 1 aliphatic heterocycles. The van der Waals surface area contributed by atoms with Gasteiger partial charge in [-0.05, 0) is 43.5 Å². The van der Waals surface area contributed by atoms with Gasteiger partial charge in [-0.25, -0.2) is 0 Å². The van der Waals surface area contributed by atoms with E-state index in [0.29, 0.717) is 12.2 Å². The molecule has 2 N–H and O–H groups in total. The maximum absolute atomic E-state index is 13.2. The Morgan fingerprint density at radius 3 is 2.80 bits per heavy atom. The van der Waals surface area contributed by atoms with E-state index >= 15 is 0 Å². The van der Waals surface area contributed by atoms with E-state index < -0.39 is 6.04 Å². The van der Waals surface area contributed by atoms with Crippen molar-refractivity contribution in [3.05, 3.63) is 59.8 Å². The predicted octanol–water partition coefficient (Wildman–Crippen LogP) is 3.11. The van der Waals surface area contributed by atoms with E-state index in [1.165, 1.54) is 0 Å². The summed E-state index contributed by atoms with van der Waals surface area (Å²) in [5, 5.41) is 10.6. The van der Waals surface area contributed by atoms with Crippen molar-refractivity contribution in [2.24, 2.45) is 0 Å². The molecule has 2 atom stereocenters. The second-order valence-electron chi connectivity index (χ2n) is 7.99. The number of amides is 2. The fraction of sp³-hybridized carbons (Fsp3) is 0.348. The van der Waals surface area contributed by atoms with Gasteiger partial charge in [0.25, 0.3) is 5.91 Å². The number of benzene rings is 2. The molecule has 7 nitrogen and oxygen atoms in total. The van der Waals surface area contributed by atoms with Crippen LogP contribution in [0.15, 0.2) is 48.5 Å². The van der Waals surface area contributed by atoms with Gasteiger partial charge in [0.1, 0.15) is 6.04 Å². The van der Waals surface area contributed by atoms with Gasteiger partial charge >= 0.3 is 0 Å². The van der Waals surface area contributed by atoms with Crippen LogP contribution in [0, 0.1) is 0 Å². The summed E-state index contributed by atoms with van der Waals surface area (Å²) in [7, 11) is 4.01. The second kappa shape index (κ2) is 8.18. The van der Waals surface area contributed by atoms with Crippen LogP contribution in [0.25, 0.3) is 10.9 Å². The van der Waals surface area contributed by atoms with Crippen molar-refractivity contribution in [2.45, 2.75) is 31.8 Å². The van der Waals surface area contributed by atoms with E-state index in [4.69, 9.17) is 0 Å². The largest absolute Gasteiger partial charge is 0.378 e. The van der Waals surface area contributed by atoms with Crippen molar-refractivity contribution >= 4 is 28.4 Å². The first-order valence-electron chi connectivity index (χ1n) is 10.3. The van der Waals surface area contributed by atoms with E-state index in [0.717, 1.165) is 35.0 Å². The number of rotatable bonds is 5. The van der Waals surface area contributed by atoms with E-state index in [9.17, 15) is 9.59 Å². The highest BCUT2D eigenvalue weighted by Crippen LogP contribution is 2.33.